The van der Waals surface area contributed by atoms with Gasteiger partial charge in [-0.3, -0.25) is 4.79 Å². The van der Waals surface area contributed by atoms with Crippen molar-refractivity contribution in [2.45, 2.75) is 65.5 Å². The number of rotatable bonds is 3. The molecular weight excluding hydrogens is 396 g/mol. The third-order valence-electron chi connectivity index (χ3n) is 7.91. The first-order chi connectivity index (χ1) is 14.7. The van der Waals surface area contributed by atoms with Gasteiger partial charge in [0, 0.05) is 5.92 Å². The molecule has 1 aliphatic carbocycles. The van der Waals surface area contributed by atoms with Crippen LogP contribution < -0.4 is 10.4 Å². The number of aliphatic hydroxyl groups is 1. The van der Waals surface area contributed by atoms with E-state index in [1.807, 2.05) is 26.0 Å². The van der Waals surface area contributed by atoms with Crippen molar-refractivity contribution in [2.24, 2.45) is 29.6 Å². The van der Waals surface area contributed by atoms with E-state index in [1.165, 1.54) is 0 Å². The highest BCUT2D eigenvalue weighted by Gasteiger charge is 2.65. The lowest BCUT2D eigenvalue weighted by Gasteiger charge is -2.54. The van der Waals surface area contributed by atoms with E-state index >= 15 is 0 Å². The van der Waals surface area contributed by atoms with E-state index in [9.17, 15) is 14.7 Å². The van der Waals surface area contributed by atoms with Gasteiger partial charge in [-0.2, -0.15) is 0 Å². The normalized spacial score (nSPS) is 34.9. The molecule has 1 N–H and O–H groups in total. The smallest absolute Gasteiger partial charge is 0.345 e. The number of carbonyl (C=O) groups excluding carboxylic acids is 1. The number of aliphatic hydroxyl groups excluding tert-OH is 1. The van der Waals surface area contributed by atoms with Gasteiger partial charge in [-0.1, -0.05) is 46.2 Å². The summed E-state index contributed by atoms with van der Waals surface area (Å²) in [6.45, 7) is 9.70. The number of hydrogen-bond acceptors (Lipinski definition) is 6. The van der Waals surface area contributed by atoms with Gasteiger partial charge in [-0.05, 0) is 48.6 Å². The van der Waals surface area contributed by atoms with Crippen molar-refractivity contribution in [2.75, 3.05) is 0 Å². The molecule has 166 valence electrons. The Balaban J connectivity index is 1.81. The second-order valence-corrected chi connectivity index (χ2v) is 10.0. The number of ether oxygens (including phenoxy) is 2. The lowest BCUT2D eigenvalue weighted by Crippen LogP contribution is -2.65. The maximum absolute atomic E-state index is 13.7. The van der Waals surface area contributed by atoms with Gasteiger partial charge in [0.2, 0.25) is 5.78 Å². The highest BCUT2D eigenvalue weighted by molar-refractivity contribution is 5.93. The number of hydrogen-bond donors (Lipinski definition) is 1. The molecule has 6 nitrogen and oxygen atoms in total. The van der Waals surface area contributed by atoms with Gasteiger partial charge in [0.1, 0.15) is 29.1 Å². The number of aryl methyl sites for hydroxylation is 1. The van der Waals surface area contributed by atoms with Crippen LogP contribution in [0.2, 0.25) is 0 Å². The fourth-order valence-corrected chi connectivity index (χ4v) is 6.14. The van der Waals surface area contributed by atoms with Crippen molar-refractivity contribution in [3.63, 3.8) is 0 Å². The van der Waals surface area contributed by atoms with Gasteiger partial charge in [0.15, 0.2) is 0 Å². The van der Waals surface area contributed by atoms with Crippen LogP contribution in [0.4, 0.5) is 0 Å². The number of benzene rings is 1. The summed E-state index contributed by atoms with van der Waals surface area (Å²) < 4.78 is 18.6. The second kappa shape index (κ2) is 6.91. The third-order valence-corrected chi connectivity index (χ3v) is 7.91. The zero-order chi connectivity index (χ0) is 22.2. The number of carbonyl (C=O) groups is 1. The zero-order valence-corrected chi connectivity index (χ0v) is 18.7. The molecule has 0 spiro atoms. The van der Waals surface area contributed by atoms with E-state index in [0.29, 0.717) is 28.2 Å². The van der Waals surface area contributed by atoms with Crippen molar-refractivity contribution in [1.82, 2.24) is 0 Å². The molecule has 6 heteroatoms. The minimum atomic E-state index is -1.62. The van der Waals surface area contributed by atoms with Gasteiger partial charge in [0.05, 0.1) is 5.39 Å². The summed E-state index contributed by atoms with van der Waals surface area (Å²) in [7, 11) is 0. The van der Waals surface area contributed by atoms with Gasteiger partial charge in [-0.15, -0.1) is 0 Å². The van der Waals surface area contributed by atoms with Crippen molar-refractivity contribution in [1.29, 1.82) is 0 Å². The van der Waals surface area contributed by atoms with Gasteiger partial charge < -0.3 is 19.0 Å². The fraction of sp³-hybridized carbons (Fsp3) is 0.600. The van der Waals surface area contributed by atoms with Crippen LogP contribution in [0.1, 0.15) is 57.8 Å². The molecule has 0 amide bonds. The molecule has 31 heavy (non-hydrogen) atoms. The lowest BCUT2D eigenvalue weighted by atomic mass is 9.68. The number of Topliss-reactive ketones (excluding diaryl/α,β-unsaturated/α-hetero) is 1. The Morgan fingerprint density at radius 2 is 1.97 bits per heavy atom. The largest absolute Gasteiger partial charge is 0.453 e. The number of ketones is 1. The summed E-state index contributed by atoms with van der Waals surface area (Å²) in [5, 5.41) is 11.4. The molecule has 2 aliphatic heterocycles. The van der Waals surface area contributed by atoms with Crippen molar-refractivity contribution < 1.29 is 23.8 Å². The minimum Gasteiger partial charge on any atom is -0.453 e. The molecule has 7 unspecified atom stereocenters. The zero-order valence-electron chi connectivity index (χ0n) is 18.7. The van der Waals surface area contributed by atoms with Crippen LogP contribution in [-0.4, -0.2) is 22.8 Å². The standard InChI is InChI=1S/C25H30O6/c1-11(2)20(26)23(27)25-14(5)15-10-9-13(4)17(15)21(30-25)19-22(31-25)18-12(3)7-6-8-16(18)29-24(19)28/h6-8,11,13-15,17,20-21,26H,9-10H2,1-5H3. The molecule has 1 aromatic carbocycles. The van der Waals surface area contributed by atoms with E-state index in [1.54, 1.807) is 19.9 Å². The van der Waals surface area contributed by atoms with Crippen LogP contribution in [0.3, 0.4) is 0 Å². The molecule has 0 radical (unpaired) electrons. The topological polar surface area (TPSA) is 86.0 Å². The van der Waals surface area contributed by atoms with E-state index in [2.05, 4.69) is 6.92 Å². The Labute approximate surface area is 181 Å². The SMILES string of the molecule is Cc1cccc2oc(=O)c3c(c12)OC1(C(=O)C(O)C(C)C)OC3C2C(C)CCC2C1C. The summed E-state index contributed by atoms with van der Waals surface area (Å²) in [5.74, 6) is -1.61. The molecule has 2 bridgehead atoms. The molecule has 3 heterocycles. The first-order valence-corrected chi connectivity index (χ1v) is 11.3. The Morgan fingerprint density at radius 1 is 1.23 bits per heavy atom. The summed E-state index contributed by atoms with van der Waals surface area (Å²) >= 11 is 0. The minimum absolute atomic E-state index is 0.0964. The van der Waals surface area contributed by atoms with Crippen LogP contribution in [0.15, 0.2) is 27.4 Å². The Bertz CT molecular complexity index is 1120. The highest BCUT2D eigenvalue weighted by atomic mass is 16.7. The monoisotopic (exact) mass is 426 g/mol. The first-order valence-electron chi connectivity index (χ1n) is 11.3. The van der Waals surface area contributed by atoms with Crippen LogP contribution in [0.25, 0.3) is 11.0 Å². The quantitative estimate of drug-likeness (QED) is 0.742. The van der Waals surface area contributed by atoms with E-state index in [0.717, 1.165) is 18.4 Å². The van der Waals surface area contributed by atoms with E-state index in [-0.39, 0.29) is 23.7 Å². The second-order valence-electron chi connectivity index (χ2n) is 10.0. The summed E-state index contributed by atoms with van der Waals surface area (Å²) in [6.07, 6.45) is 0.138. The number of fused-ring (bicyclic) bond motifs is 8. The molecule has 2 fully saturated rings. The van der Waals surface area contributed by atoms with Crippen molar-refractivity contribution in [3.8, 4) is 5.75 Å². The Morgan fingerprint density at radius 3 is 2.68 bits per heavy atom. The van der Waals surface area contributed by atoms with Gasteiger partial charge in [0.25, 0.3) is 5.79 Å². The van der Waals surface area contributed by atoms with Crippen LogP contribution in [0.5, 0.6) is 5.75 Å². The summed E-state index contributed by atoms with van der Waals surface area (Å²) in [4.78, 5) is 26.8. The molecule has 1 aromatic heterocycles. The maximum atomic E-state index is 13.7. The third kappa shape index (κ3) is 2.70. The Hall–Kier alpha value is -2.18. The van der Waals surface area contributed by atoms with Crippen LogP contribution in [0, 0.1) is 36.5 Å². The molecule has 1 saturated carbocycles. The van der Waals surface area contributed by atoms with Crippen LogP contribution >= 0.6 is 0 Å². The lowest BCUT2D eigenvalue weighted by molar-refractivity contribution is -0.296. The van der Waals surface area contributed by atoms with Crippen molar-refractivity contribution >= 4 is 16.8 Å². The highest BCUT2D eigenvalue weighted by Crippen LogP contribution is 2.61. The van der Waals surface area contributed by atoms with Gasteiger partial charge >= 0.3 is 5.63 Å². The Kier molecular flexibility index (Phi) is 4.61. The maximum Gasteiger partial charge on any atom is 0.345 e. The van der Waals surface area contributed by atoms with Crippen LogP contribution in [-0.2, 0) is 9.53 Å². The average Bonchev–Trinajstić information content (AvgIpc) is 3.12. The molecular formula is C25H30O6. The molecule has 2 aromatic rings. The first kappa shape index (κ1) is 20.7. The summed E-state index contributed by atoms with van der Waals surface area (Å²) in [5.41, 5.74) is 1.23. The van der Waals surface area contributed by atoms with E-state index < -0.39 is 29.4 Å². The van der Waals surface area contributed by atoms with Gasteiger partial charge in [-0.25, -0.2) is 4.79 Å². The molecule has 5 rings (SSSR count). The molecule has 1 saturated heterocycles. The average molecular weight is 427 g/mol. The predicted octanol–water partition coefficient (Wildman–Crippen LogP) is 4.15. The fourth-order valence-electron chi connectivity index (χ4n) is 6.14. The molecule has 7 atom stereocenters. The molecule has 3 aliphatic rings. The van der Waals surface area contributed by atoms with Crippen molar-refractivity contribution in [3.05, 3.63) is 39.7 Å². The van der Waals surface area contributed by atoms with E-state index in [4.69, 9.17) is 13.9 Å². The predicted molar refractivity (Wildman–Crippen MR) is 115 cm³/mol. The summed E-state index contributed by atoms with van der Waals surface area (Å²) in [6, 6.07) is 5.49.